The normalized spacial score (nSPS) is 19.5. The molecule has 1 aliphatic carbocycles. The molecule has 0 amide bonds. The Labute approximate surface area is 100 Å². The van der Waals surface area contributed by atoms with E-state index in [2.05, 4.69) is 24.2 Å². The molecule has 1 aliphatic rings. The van der Waals surface area contributed by atoms with Crippen LogP contribution in [0.15, 0.2) is 0 Å². The molecule has 0 aromatic heterocycles. The summed E-state index contributed by atoms with van der Waals surface area (Å²) in [4.78, 5) is 2.28. The zero-order valence-electron chi connectivity index (χ0n) is 11.0. The molecule has 2 N–H and O–H groups in total. The molecule has 0 aliphatic heterocycles. The first-order valence-corrected chi connectivity index (χ1v) is 6.72. The number of aliphatic hydroxyl groups is 1. The van der Waals surface area contributed by atoms with Crippen LogP contribution in [-0.4, -0.2) is 49.8 Å². The van der Waals surface area contributed by atoms with Crippen LogP contribution in [0, 0.1) is 5.41 Å². The second-order valence-electron chi connectivity index (χ2n) is 5.35. The van der Waals surface area contributed by atoms with Crippen molar-refractivity contribution in [2.75, 3.05) is 39.8 Å². The van der Waals surface area contributed by atoms with E-state index in [0.29, 0.717) is 5.41 Å². The van der Waals surface area contributed by atoms with Crippen molar-refractivity contribution in [3.63, 3.8) is 0 Å². The fraction of sp³-hybridized carbons (Fsp3) is 1.00. The molecule has 0 saturated heterocycles. The van der Waals surface area contributed by atoms with E-state index in [1.807, 2.05) is 0 Å². The second kappa shape index (κ2) is 7.25. The van der Waals surface area contributed by atoms with Crippen molar-refractivity contribution >= 4 is 0 Å². The average molecular weight is 228 g/mol. The van der Waals surface area contributed by atoms with Gasteiger partial charge in [-0.1, -0.05) is 19.8 Å². The maximum absolute atomic E-state index is 8.95. The van der Waals surface area contributed by atoms with Gasteiger partial charge < -0.3 is 15.3 Å². The predicted molar refractivity (Wildman–Crippen MR) is 68.6 cm³/mol. The van der Waals surface area contributed by atoms with E-state index in [0.717, 1.165) is 26.2 Å². The van der Waals surface area contributed by atoms with Gasteiger partial charge in [0, 0.05) is 19.6 Å². The number of nitrogens with one attached hydrogen (secondary N) is 1. The summed E-state index contributed by atoms with van der Waals surface area (Å²) < 4.78 is 0. The Hall–Kier alpha value is -0.120. The summed E-state index contributed by atoms with van der Waals surface area (Å²) in [7, 11) is 2.12. The van der Waals surface area contributed by atoms with Gasteiger partial charge >= 0.3 is 0 Å². The third kappa shape index (κ3) is 4.40. The summed E-state index contributed by atoms with van der Waals surface area (Å²) in [5.74, 6) is 0. The molecule has 0 heterocycles. The highest BCUT2D eigenvalue weighted by Crippen LogP contribution is 2.38. The van der Waals surface area contributed by atoms with E-state index in [4.69, 9.17) is 5.11 Å². The van der Waals surface area contributed by atoms with Crippen LogP contribution in [0.4, 0.5) is 0 Å². The smallest absolute Gasteiger partial charge is 0.0558 e. The molecule has 1 saturated carbocycles. The Bertz CT molecular complexity index is 179. The van der Waals surface area contributed by atoms with Crippen molar-refractivity contribution in [1.29, 1.82) is 0 Å². The number of aliphatic hydroxyl groups excluding tert-OH is 1. The lowest BCUT2D eigenvalue weighted by Crippen LogP contribution is -2.42. The van der Waals surface area contributed by atoms with Gasteiger partial charge in [-0.3, -0.25) is 0 Å². The average Bonchev–Trinajstić information content (AvgIpc) is 2.67. The predicted octanol–water partition coefficient (Wildman–Crippen LogP) is 1.47. The maximum Gasteiger partial charge on any atom is 0.0558 e. The van der Waals surface area contributed by atoms with Crippen molar-refractivity contribution in [3.05, 3.63) is 0 Å². The lowest BCUT2D eigenvalue weighted by molar-refractivity contribution is 0.147. The lowest BCUT2D eigenvalue weighted by Gasteiger charge is -2.33. The van der Waals surface area contributed by atoms with Crippen LogP contribution < -0.4 is 5.32 Å². The summed E-state index contributed by atoms with van der Waals surface area (Å²) in [6.07, 6.45) is 6.66. The summed E-state index contributed by atoms with van der Waals surface area (Å²) in [6.45, 7) is 6.70. The van der Waals surface area contributed by atoms with Crippen molar-refractivity contribution < 1.29 is 5.11 Å². The Morgan fingerprint density at radius 1 is 1.31 bits per heavy atom. The van der Waals surface area contributed by atoms with Crippen LogP contribution in [0.3, 0.4) is 0 Å². The van der Waals surface area contributed by atoms with Gasteiger partial charge in [0.25, 0.3) is 0 Å². The Morgan fingerprint density at radius 3 is 2.56 bits per heavy atom. The van der Waals surface area contributed by atoms with Gasteiger partial charge in [0.05, 0.1) is 6.61 Å². The largest absolute Gasteiger partial charge is 0.395 e. The summed E-state index contributed by atoms with van der Waals surface area (Å²) in [6, 6.07) is 0. The molecule has 3 heteroatoms. The second-order valence-corrected chi connectivity index (χ2v) is 5.35. The minimum absolute atomic E-state index is 0.273. The summed E-state index contributed by atoms with van der Waals surface area (Å²) >= 11 is 0. The number of rotatable bonds is 8. The molecule has 0 aromatic carbocycles. The first kappa shape index (κ1) is 13.9. The molecule has 16 heavy (non-hydrogen) atoms. The molecule has 0 unspecified atom stereocenters. The van der Waals surface area contributed by atoms with E-state index in [1.165, 1.54) is 32.1 Å². The van der Waals surface area contributed by atoms with Gasteiger partial charge in [-0.05, 0) is 38.3 Å². The van der Waals surface area contributed by atoms with E-state index in [1.54, 1.807) is 0 Å². The number of likely N-dealkylation sites (N-methyl/N-ethyl adjacent to an activating group) is 1. The van der Waals surface area contributed by atoms with Crippen molar-refractivity contribution in [2.24, 2.45) is 5.41 Å². The number of nitrogens with zero attached hydrogens (tertiary/aromatic N) is 1. The third-order valence-electron chi connectivity index (χ3n) is 3.68. The van der Waals surface area contributed by atoms with Crippen LogP contribution in [0.5, 0.6) is 0 Å². The molecule has 0 bridgehead atoms. The van der Waals surface area contributed by atoms with Crippen molar-refractivity contribution in [1.82, 2.24) is 10.2 Å². The SMILES string of the molecule is CCCNCC1(CN(C)CCO)CCCC1. The van der Waals surface area contributed by atoms with Crippen LogP contribution in [0.25, 0.3) is 0 Å². The fourth-order valence-electron chi connectivity index (χ4n) is 2.87. The molecule has 0 radical (unpaired) electrons. The molecule has 1 rings (SSSR count). The molecule has 3 nitrogen and oxygen atoms in total. The molecule has 96 valence electrons. The Morgan fingerprint density at radius 2 is 2.00 bits per heavy atom. The highest BCUT2D eigenvalue weighted by atomic mass is 16.3. The minimum atomic E-state index is 0.273. The lowest BCUT2D eigenvalue weighted by atomic mass is 9.85. The van der Waals surface area contributed by atoms with Gasteiger partial charge in [0.1, 0.15) is 0 Å². The van der Waals surface area contributed by atoms with Crippen molar-refractivity contribution in [2.45, 2.75) is 39.0 Å². The standard InChI is InChI=1S/C13H28N2O/c1-3-8-14-11-13(6-4-5-7-13)12-15(2)9-10-16/h14,16H,3-12H2,1-2H3. The van der Waals surface area contributed by atoms with Crippen LogP contribution in [0.1, 0.15) is 39.0 Å². The summed E-state index contributed by atoms with van der Waals surface area (Å²) in [5, 5.41) is 12.5. The van der Waals surface area contributed by atoms with E-state index >= 15 is 0 Å². The van der Waals surface area contributed by atoms with Crippen LogP contribution in [0.2, 0.25) is 0 Å². The van der Waals surface area contributed by atoms with Gasteiger partial charge in [0.2, 0.25) is 0 Å². The molecule has 0 aromatic rings. The van der Waals surface area contributed by atoms with Crippen LogP contribution >= 0.6 is 0 Å². The monoisotopic (exact) mass is 228 g/mol. The highest BCUT2D eigenvalue weighted by Gasteiger charge is 2.34. The first-order valence-electron chi connectivity index (χ1n) is 6.72. The quantitative estimate of drug-likeness (QED) is 0.618. The zero-order chi connectivity index (χ0) is 11.9. The van der Waals surface area contributed by atoms with Crippen molar-refractivity contribution in [3.8, 4) is 0 Å². The van der Waals surface area contributed by atoms with Crippen LogP contribution in [-0.2, 0) is 0 Å². The third-order valence-corrected chi connectivity index (χ3v) is 3.68. The maximum atomic E-state index is 8.95. The minimum Gasteiger partial charge on any atom is -0.395 e. The highest BCUT2D eigenvalue weighted by molar-refractivity contribution is 4.88. The molecule has 1 fully saturated rings. The van der Waals surface area contributed by atoms with Gasteiger partial charge in [-0.2, -0.15) is 0 Å². The van der Waals surface area contributed by atoms with Gasteiger partial charge in [0.15, 0.2) is 0 Å². The fourth-order valence-corrected chi connectivity index (χ4v) is 2.87. The molecule has 0 spiro atoms. The number of hydrogen-bond donors (Lipinski definition) is 2. The van der Waals surface area contributed by atoms with Gasteiger partial charge in [-0.15, -0.1) is 0 Å². The summed E-state index contributed by atoms with van der Waals surface area (Å²) in [5.41, 5.74) is 0.471. The Balaban J connectivity index is 2.38. The van der Waals surface area contributed by atoms with Gasteiger partial charge in [-0.25, -0.2) is 0 Å². The Kier molecular flexibility index (Phi) is 6.32. The number of hydrogen-bond acceptors (Lipinski definition) is 3. The molecular weight excluding hydrogens is 200 g/mol. The van der Waals surface area contributed by atoms with E-state index in [-0.39, 0.29) is 6.61 Å². The molecular formula is C13H28N2O. The first-order chi connectivity index (χ1) is 7.72. The van der Waals surface area contributed by atoms with E-state index < -0.39 is 0 Å². The van der Waals surface area contributed by atoms with E-state index in [9.17, 15) is 0 Å². The topological polar surface area (TPSA) is 35.5 Å². The molecule has 0 atom stereocenters. The zero-order valence-corrected chi connectivity index (χ0v) is 11.0.